The smallest absolute Gasteiger partial charge is 0.122 e. The van der Waals surface area contributed by atoms with Crippen molar-refractivity contribution in [3.8, 4) is 17.0 Å². The van der Waals surface area contributed by atoms with E-state index in [1.807, 2.05) is 13.2 Å². The molecule has 0 radical (unpaired) electrons. The molecule has 1 saturated carbocycles. The van der Waals surface area contributed by atoms with Gasteiger partial charge in [-0.3, -0.25) is 5.10 Å². The van der Waals surface area contributed by atoms with Crippen LogP contribution in [0.5, 0.6) is 5.75 Å². The number of rotatable bonds is 9. The first-order chi connectivity index (χ1) is 12.6. The third-order valence-electron chi connectivity index (χ3n) is 5.03. The number of nitrogens with one attached hydrogen (secondary N) is 2. The summed E-state index contributed by atoms with van der Waals surface area (Å²) in [6.07, 6.45) is 4.56. The molecule has 1 fully saturated rings. The van der Waals surface area contributed by atoms with Gasteiger partial charge in [-0.25, -0.2) is 0 Å². The second-order valence-electron chi connectivity index (χ2n) is 7.15. The number of nitrogens with zero attached hydrogens (tertiary/aromatic N) is 2. The van der Waals surface area contributed by atoms with Gasteiger partial charge in [0.05, 0.1) is 11.8 Å². The lowest BCUT2D eigenvalue weighted by Gasteiger charge is -2.34. The maximum atomic E-state index is 6.10. The van der Waals surface area contributed by atoms with Crippen LogP contribution in [0, 0.1) is 6.92 Å². The van der Waals surface area contributed by atoms with E-state index >= 15 is 0 Å². The zero-order valence-corrected chi connectivity index (χ0v) is 16.2. The van der Waals surface area contributed by atoms with Crippen molar-refractivity contribution in [1.29, 1.82) is 0 Å². The molecule has 0 unspecified atom stereocenters. The van der Waals surface area contributed by atoms with Crippen LogP contribution in [0.4, 0.5) is 0 Å². The molecule has 6 nitrogen and oxygen atoms in total. The van der Waals surface area contributed by atoms with E-state index in [9.17, 15) is 0 Å². The molecule has 0 aliphatic heterocycles. The summed E-state index contributed by atoms with van der Waals surface area (Å²) in [6, 6.07) is 6.32. The molecule has 26 heavy (non-hydrogen) atoms. The van der Waals surface area contributed by atoms with Gasteiger partial charge in [-0.2, -0.15) is 5.10 Å². The molecule has 1 aromatic carbocycles. The Morgan fingerprint density at radius 3 is 2.81 bits per heavy atom. The Bertz CT molecular complexity index is 710. The van der Waals surface area contributed by atoms with Crippen LogP contribution in [0.3, 0.4) is 0 Å². The van der Waals surface area contributed by atoms with Crippen LogP contribution in [0.1, 0.15) is 24.0 Å². The predicted molar refractivity (Wildman–Crippen MR) is 103 cm³/mol. The molecule has 142 valence electrons. The average Bonchev–Trinajstić information content (AvgIpc) is 3.05. The molecule has 2 aromatic rings. The number of aromatic amines is 1. The summed E-state index contributed by atoms with van der Waals surface area (Å²) in [4.78, 5) is 2.29. The van der Waals surface area contributed by atoms with E-state index in [4.69, 9.17) is 9.47 Å². The lowest BCUT2D eigenvalue weighted by Crippen LogP contribution is -2.38. The van der Waals surface area contributed by atoms with Gasteiger partial charge >= 0.3 is 0 Å². The Hall–Kier alpha value is -1.89. The van der Waals surface area contributed by atoms with Gasteiger partial charge < -0.3 is 19.7 Å². The van der Waals surface area contributed by atoms with Crippen LogP contribution >= 0.6 is 0 Å². The van der Waals surface area contributed by atoms with Crippen LogP contribution in [0.25, 0.3) is 11.3 Å². The summed E-state index contributed by atoms with van der Waals surface area (Å²) >= 11 is 0. The van der Waals surface area contributed by atoms with Crippen molar-refractivity contribution < 1.29 is 9.47 Å². The van der Waals surface area contributed by atoms with E-state index in [1.165, 1.54) is 5.56 Å². The van der Waals surface area contributed by atoms with Crippen molar-refractivity contribution in [3.63, 3.8) is 0 Å². The Morgan fingerprint density at radius 2 is 2.12 bits per heavy atom. The summed E-state index contributed by atoms with van der Waals surface area (Å²) < 4.78 is 11.4. The van der Waals surface area contributed by atoms with Gasteiger partial charge in [-0.15, -0.1) is 0 Å². The number of ether oxygens (including phenoxy) is 2. The quantitative estimate of drug-likeness (QED) is 0.721. The highest BCUT2D eigenvalue weighted by molar-refractivity contribution is 5.65. The molecule has 1 heterocycles. The first-order valence-electron chi connectivity index (χ1n) is 9.27. The topological polar surface area (TPSA) is 62.4 Å². The molecule has 1 aromatic heterocycles. The van der Waals surface area contributed by atoms with Crippen molar-refractivity contribution in [2.24, 2.45) is 0 Å². The van der Waals surface area contributed by atoms with Crippen molar-refractivity contribution in [3.05, 3.63) is 35.5 Å². The highest BCUT2D eigenvalue weighted by atomic mass is 16.5. The fourth-order valence-corrected chi connectivity index (χ4v) is 3.27. The molecule has 0 bridgehead atoms. The zero-order chi connectivity index (χ0) is 18.5. The van der Waals surface area contributed by atoms with E-state index in [2.05, 4.69) is 52.6 Å². The molecule has 1 aliphatic rings. The third-order valence-corrected chi connectivity index (χ3v) is 5.03. The standard InChI is InChI=1S/C20H30N4O2/c1-14-9-15(5-6-19(14)26-18-10-17(11-18)25-4)20-16(12-22-23-20)13-24(3)8-7-21-2/h5-6,9,12,17-18,21H,7-8,10-11,13H2,1-4H3,(H,22,23). The van der Waals surface area contributed by atoms with Crippen LogP contribution in [-0.4, -0.2) is 61.6 Å². The minimum absolute atomic E-state index is 0.270. The average molecular weight is 358 g/mol. The van der Waals surface area contributed by atoms with Gasteiger partial charge in [0, 0.05) is 56.9 Å². The normalized spacial score (nSPS) is 19.6. The molecular weight excluding hydrogens is 328 g/mol. The SMILES string of the molecule is CNCCN(C)Cc1c[nH]nc1-c1ccc(OC2CC(OC)C2)c(C)c1. The van der Waals surface area contributed by atoms with Crippen molar-refractivity contribution in [1.82, 2.24) is 20.4 Å². The number of aromatic nitrogens is 2. The monoisotopic (exact) mass is 358 g/mol. The number of hydrogen-bond acceptors (Lipinski definition) is 5. The van der Waals surface area contributed by atoms with E-state index in [-0.39, 0.29) is 6.10 Å². The second-order valence-corrected chi connectivity index (χ2v) is 7.15. The molecule has 0 saturated heterocycles. The molecular formula is C20H30N4O2. The van der Waals surface area contributed by atoms with Crippen molar-refractivity contribution in [2.45, 2.75) is 38.5 Å². The summed E-state index contributed by atoms with van der Waals surface area (Å²) in [7, 11) is 5.86. The number of H-pyrrole nitrogens is 1. The fraction of sp³-hybridized carbons (Fsp3) is 0.550. The largest absolute Gasteiger partial charge is 0.490 e. The molecule has 3 rings (SSSR count). The van der Waals surface area contributed by atoms with Crippen LogP contribution in [-0.2, 0) is 11.3 Å². The predicted octanol–water partition coefficient (Wildman–Crippen LogP) is 2.59. The lowest BCUT2D eigenvalue weighted by molar-refractivity contribution is -0.0383. The Balaban J connectivity index is 1.67. The Labute approximate surface area is 155 Å². The number of hydrogen-bond donors (Lipinski definition) is 2. The second kappa shape index (κ2) is 8.66. The first kappa shape index (κ1) is 18.9. The highest BCUT2D eigenvalue weighted by Gasteiger charge is 2.31. The van der Waals surface area contributed by atoms with Crippen molar-refractivity contribution >= 4 is 0 Å². The summed E-state index contributed by atoms with van der Waals surface area (Å²) in [6.45, 7) is 4.93. The number of aryl methyl sites for hydroxylation is 1. The Morgan fingerprint density at radius 1 is 1.31 bits per heavy atom. The summed E-state index contributed by atoms with van der Waals surface area (Å²) in [5.41, 5.74) is 4.48. The van der Waals surface area contributed by atoms with E-state index in [0.717, 1.165) is 55.0 Å². The van der Waals surface area contributed by atoms with E-state index in [0.29, 0.717) is 6.10 Å². The summed E-state index contributed by atoms with van der Waals surface area (Å²) in [5, 5.41) is 10.7. The third kappa shape index (κ3) is 4.44. The molecule has 0 amide bonds. The molecule has 1 aliphatic carbocycles. The van der Waals surface area contributed by atoms with E-state index in [1.54, 1.807) is 7.11 Å². The number of methoxy groups -OCH3 is 1. The van der Waals surface area contributed by atoms with Gasteiger partial charge in [-0.1, -0.05) is 0 Å². The minimum Gasteiger partial charge on any atom is -0.490 e. The van der Waals surface area contributed by atoms with Crippen LogP contribution in [0.15, 0.2) is 24.4 Å². The minimum atomic E-state index is 0.270. The highest BCUT2D eigenvalue weighted by Crippen LogP contribution is 2.32. The van der Waals surface area contributed by atoms with E-state index < -0.39 is 0 Å². The maximum absolute atomic E-state index is 6.10. The van der Waals surface area contributed by atoms with Gasteiger partial charge in [-0.05, 0) is 44.8 Å². The zero-order valence-electron chi connectivity index (χ0n) is 16.2. The number of likely N-dealkylation sites (N-methyl/N-ethyl adjacent to an activating group) is 2. The molecule has 6 heteroatoms. The first-order valence-corrected chi connectivity index (χ1v) is 9.27. The molecule has 2 N–H and O–H groups in total. The molecule has 0 atom stereocenters. The van der Waals surface area contributed by atoms with Crippen LogP contribution < -0.4 is 10.1 Å². The lowest BCUT2D eigenvalue weighted by atomic mass is 9.92. The van der Waals surface area contributed by atoms with Gasteiger partial charge in [0.2, 0.25) is 0 Å². The van der Waals surface area contributed by atoms with Gasteiger partial charge in [0.1, 0.15) is 11.9 Å². The maximum Gasteiger partial charge on any atom is 0.122 e. The van der Waals surface area contributed by atoms with Crippen molar-refractivity contribution in [2.75, 3.05) is 34.3 Å². The Kier molecular flexibility index (Phi) is 6.29. The fourth-order valence-electron chi connectivity index (χ4n) is 3.27. The molecule has 0 spiro atoms. The van der Waals surface area contributed by atoms with Gasteiger partial charge in [0.15, 0.2) is 0 Å². The van der Waals surface area contributed by atoms with Crippen LogP contribution in [0.2, 0.25) is 0 Å². The van der Waals surface area contributed by atoms with Gasteiger partial charge in [0.25, 0.3) is 0 Å². The number of benzene rings is 1. The summed E-state index contributed by atoms with van der Waals surface area (Å²) in [5.74, 6) is 0.955.